The van der Waals surface area contributed by atoms with Gasteiger partial charge in [0.1, 0.15) is 6.54 Å². The Hall–Kier alpha value is -4.18. The van der Waals surface area contributed by atoms with Crippen LogP contribution in [0.25, 0.3) is 27.6 Å². The molecule has 4 heterocycles. The highest BCUT2D eigenvalue weighted by molar-refractivity contribution is 7.13. The molecule has 0 atom stereocenters. The quantitative estimate of drug-likeness (QED) is 0.460. The first-order chi connectivity index (χ1) is 15.2. The molecule has 31 heavy (non-hydrogen) atoms. The highest BCUT2D eigenvalue weighted by atomic mass is 32.1. The summed E-state index contributed by atoms with van der Waals surface area (Å²) >= 11 is 1.57. The highest BCUT2D eigenvalue weighted by Crippen LogP contribution is 2.25. The van der Waals surface area contributed by atoms with Crippen LogP contribution in [0.5, 0.6) is 0 Å². The minimum atomic E-state index is -0.325. The van der Waals surface area contributed by atoms with Crippen molar-refractivity contribution >= 4 is 28.6 Å². The third kappa shape index (κ3) is 3.83. The maximum absolute atomic E-state index is 12.4. The van der Waals surface area contributed by atoms with E-state index in [1.807, 2.05) is 47.8 Å². The molecule has 0 aliphatic heterocycles. The molecule has 1 aromatic carbocycles. The van der Waals surface area contributed by atoms with E-state index >= 15 is 0 Å². The van der Waals surface area contributed by atoms with Crippen molar-refractivity contribution in [2.24, 2.45) is 0 Å². The Balaban J connectivity index is 1.41. The fraction of sp³-hybridized carbons (Fsp3) is 0.0476. The zero-order valence-electron chi connectivity index (χ0n) is 16.0. The van der Waals surface area contributed by atoms with Gasteiger partial charge in [-0.3, -0.25) is 14.2 Å². The summed E-state index contributed by atoms with van der Waals surface area (Å²) in [6.07, 6.45) is 2.73. The Morgan fingerprint density at radius 2 is 2.00 bits per heavy atom. The average Bonchev–Trinajstić information content (AvgIpc) is 3.44. The first-order valence-corrected chi connectivity index (χ1v) is 10.2. The predicted molar refractivity (Wildman–Crippen MR) is 117 cm³/mol. The van der Waals surface area contributed by atoms with Gasteiger partial charge in [-0.25, -0.2) is 4.98 Å². The van der Waals surface area contributed by atoms with Crippen LogP contribution < -0.4 is 10.9 Å². The van der Waals surface area contributed by atoms with Crippen LogP contribution in [0.15, 0.2) is 77.3 Å². The third-order valence-electron chi connectivity index (χ3n) is 4.55. The van der Waals surface area contributed by atoms with E-state index in [4.69, 9.17) is 5.10 Å². The maximum atomic E-state index is 12.4. The van der Waals surface area contributed by atoms with Gasteiger partial charge in [0.15, 0.2) is 11.5 Å². The standard InChI is InChI=1S/C21H15N7O2S/c29-19(12-27-13-22-9-8-20(27)30)23-15-4-1-3-14(11-15)16-6-7-18-24-25-21(28(18)26-16)17-5-2-10-31-17/h1-11,13H,12H2,(H,23,29). The number of nitrogens with zero attached hydrogens (tertiary/aromatic N) is 6. The number of carbonyl (C=O) groups is 1. The third-order valence-corrected chi connectivity index (χ3v) is 5.42. The number of nitrogens with one attached hydrogen (secondary N) is 1. The van der Waals surface area contributed by atoms with Crippen molar-refractivity contribution in [2.75, 3.05) is 5.32 Å². The van der Waals surface area contributed by atoms with Crippen LogP contribution in [0.3, 0.4) is 0 Å². The van der Waals surface area contributed by atoms with Crippen LogP contribution in [0.1, 0.15) is 0 Å². The number of aromatic nitrogens is 6. The number of benzene rings is 1. The summed E-state index contributed by atoms with van der Waals surface area (Å²) in [5, 5.41) is 17.9. The van der Waals surface area contributed by atoms with Gasteiger partial charge in [0, 0.05) is 23.5 Å². The summed E-state index contributed by atoms with van der Waals surface area (Å²) < 4.78 is 2.95. The summed E-state index contributed by atoms with van der Waals surface area (Å²) in [6, 6.07) is 16.3. The second-order valence-corrected chi connectivity index (χ2v) is 7.61. The molecular weight excluding hydrogens is 414 g/mol. The van der Waals surface area contributed by atoms with Gasteiger partial charge < -0.3 is 5.32 Å². The van der Waals surface area contributed by atoms with E-state index in [9.17, 15) is 9.59 Å². The van der Waals surface area contributed by atoms with Crippen molar-refractivity contribution in [1.29, 1.82) is 0 Å². The van der Waals surface area contributed by atoms with Gasteiger partial charge in [-0.1, -0.05) is 18.2 Å². The van der Waals surface area contributed by atoms with E-state index in [0.29, 0.717) is 22.9 Å². The molecule has 0 spiro atoms. The fourth-order valence-corrected chi connectivity index (χ4v) is 3.80. The molecule has 0 fully saturated rings. The van der Waals surface area contributed by atoms with Crippen molar-refractivity contribution in [2.45, 2.75) is 6.54 Å². The Kier molecular flexibility index (Phi) is 4.81. The summed E-state index contributed by atoms with van der Waals surface area (Å²) in [5.74, 6) is 0.354. The topological polar surface area (TPSA) is 107 Å². The molecule has 0 unspecified atom stereocenters. The molecule has 0 bridgehead atoms. The van der Waals surface area contributed by atoms with E-state index in [2.05, 4.69) is 20.5 Å². The number of hydrogen-bond acceptors (Lipinski definition) is 7. The number of hydrogen-bond donors (Lipinski definition) is 1. The minimum Gasteiger partial charge on any atom is -0.325 e. The number of fused-ring (bicyclic) bond motifs is 1. The Morgan fingerprint density at radius 3 is 2.84 bits per heavy atom. The van der Waals surface area contributed by atoms with Gasteiger partial charge in [0.25, 0.3) is 5.56 Å². The molecule has 0 saturated carbocycles. The van der Waals surface area contributed by atoms with Crippen molar-refractivity contribution in [3.8, 4) is 22.0 Å². The Labute approximate surface area is 179 Å². The molecule has 4 aromatic heterocycles. The molecule has 0 saturated heterocycles. The molecule has 0 aliphatic rings. The normalized spacial score (nSPS) is 11.0. The largest absolute Gasteiger partial charge is 0.325 e. The van der Waals surface area contributed by atoms with Crippen LogP contribution in [-0.4, -0.2) is 35.3 Å². The van der Waals surface area contributed by atoms with Crippen LogP contribution in [0, 0.1) is 0 Å². The first-order valence-electron chi connectivity index (χ1n) is 9.34. The second kappa shape index (κ2) is 7.92. The van der Waals surface area contributed by atoms with Gasteiger partial charge >= 0.3 is 0 Å². The maximum Gasteiger partial charge on any atom is 0.253 e. The van der Waals surface area contributed by atoms with Crippen molar-refractivity contribution < 1.29 is 4.79 Å². The van der Waals surface area contributed by atoms with E-state index in [1.54, 1.807) is 21.9 Å². The smallest absolute Gasteiger partial charge is 0.253 e. The lowest BCUT2D eigenvalue weighted by atomic mass is 10.1. The van der Waals surface area contributed by atoms with Crippen LogP contribution >= 0.6 is 11.3 Å². The van der Waals surface area contributed by atoms with Crippen molar-refractivity contribution in [3.63, 3.8) is 0 Å². The lowest BCUT2D eigenvalue weighted by Gasteiger charge is -2.09. The first kappa shape index (κ1) is 18.8. The summed E-state index contributed by atoms with van der Waals surface area (Å²) in [6.45, 7) is -0.119. The van der Waals surface area contributed by atoms with Crippen molar-refractivity contribution in [1.82, 2.24) is 29.4 Å². The van der Waals surface area contributed by atoms with Gasteiger partial charge in [-0.15, -0.1) is 21.5 Å². The van der Waals surface area contributed by atoms with Gasteiger partial charge in [0.2, 0.25) is 5.91 Å². The molecule has 152 valence electrons. The van der Waals surface area contributed by atoms with E-state index in [0.717, 1.165) is 10.4 Å². The number of carbonyl (C=O) groups excluding carboxylic acids is 1. The predicted octanol–water partition coefficient (Wildman–Crippen LogP) is 2.72. The number of rotatable bonds is 5. The molecule has 10 heteroatoms. The average molecular weight is 429 g/mol. The SMILES string of the molecule is O=C(Cn1cnccc1=O)Nc1cccc(-c2ccc3nnc(-c4cccs4)n3n2)c1. The molecular formula is C21H15N7O2S. The minimum absolute atomic E-state index is 0.119. The lowest BCUT2D eigenvalue weighted by Crippen LogP contribution is -2.26. The number of amides is 1. The van der Waals surface area contributed by atoms with Crippen LogP contribution in [-0.2, 0) is 11.3 Å². The molecule has 5 aromatic rings. The van der Waals surface area contributed by atoms with Crippen LogP contribution in [0.4, 0.5) is 5.69 Å². The van der Waals surface area contributed by atoms with Gasteiger partial charge in [-0.2, -0.15) is 9.61 Å². The Morgan fingerprint density at radius 1 is 1.06 bits per heavy atom. The monoisotopic (exact) mass is 429 g/mol. The van der Waals surface area contributed by atoms with Gasteiger partial charge in [0.05, 0.1) is 16.9 Å². The summed E-state index contributed by atoms with van der Waals surface area (Å²) in [7, 11) is 0. The molecule has 5 rings (SSSR count). The fourth-order valence-electron chi connectivity index (χ4n) is 3.11. The molecule has 1 amide bonds. The second-order valence-electron chi connectivity index (χ2n) is 6.66. The zero-order valence-corrected chi connectivity index (χ0v) is 16.9. The zero-order chi connectivity index (χ0) is 21.2. The van der Waals surface area contributed by atoms with Crippen molar-refractivity contribution in [3.05, 3.63) is 82.9 Å². The molecule has 0 radical (unpaired) electrons. The summed E-state index contributed by atoms with van der Waals surface area (Å²) in [4.78, 5) is 29.0. The van der Waals surface area contributed by atoms with Gasteiger partial charge in [-0.05, 0) is 35.7 Å². The number of anilines is 1. The van der Waals surface area contributed by atoms with E-state index in [1.165, 1.54) is 23.2 Å². The molecule has 1 N–H and O–H groups in total. The summed E-state index contributed by atoms with van der Waals surface area (Å²) in [5.41, 5.74) is 2.50. The lowest BCUT2D eigenvalue weighted by molar-refractivity contribution is -0.116. The molecule has 9 nitrogen and oxygen atoms in total. The van der Waals surface area contributed by atoms with E-state index < -0.39 is 0 Å². The van der Waals surface area contributed by atoms with E-state index in [-0.39, 0.29) is 18.0 Å². The number of thiophene rings is 1. The highest BCUT2D eigenvalue weighted by Gasteiger charge is 2.12. The Bertz CT molecular complexity index is 1440. The molecule has 0 aliphatic carbocycles. The van der Waals surface area contributed by atoms with Crippen LogP contribution in [0.2, 0.25) is 0 Å².